The van der Waals surface area contributed by atoms with Gasteiger partial charge in [-0.15, -0.1) is 0 Å². The number of carboxylic acid groups (broad SMARTS) is 4. The molecule has 0 saturated heterocycles. The van der Waals surface area contributed by atoms with Gasteiger partial charge in [0.1, 0.15) is 13.2 Å². The summed E-state index contributed by atoms with van der Waals surface area (Å²) in [6.45, 7) is 1.80. The minimum Gasteiger partial charge on any atom is -0.478 e. The predicted octanol–water partition coefficient (Wildman–Crippen LogP) is 1.59. The van der Waals surface area contributed by atoms with E-state index in [2.05, 4.69) is 6.58 Å². The molecular weight excluding hydrogens is 512 g/mol. The second-order valence-corrected chi connectivity index (χ2v) is 7.20. The summed E-state index contributed by atoms with van der Waals surface area (Å²) in [6.07, 6.45) is -0.661. The lowest BCUT2D eigenvalue weighted by Crippen LogP contribution is -2.31. The van der Waals surface area contributed by atoms with Crippen LogP contribution in [0.5, 0.6) is 0 Å². The molecule has 0 heterocycles. The van der Waals surface area contributed by atoms with Crippen LogP contribution in [-0.4, -0.2) is 81.5 Å². The standard InChI is InChI=1S/C24H18O14/c1-2-18(25)36-9-13(38-24(35)12-4-6-15(20(28)29)17(8-12)22(32)33)10-37-23(34)11-3-5-14(19(26)27)16(7-11)21(30)31/h2-8,13H,1,9-10H2,(H,26,27)(H,28,29)(H,30,31)(H,32,33). The van der Waals surface area contributed by atoms with Gasteiger partial charge in [-0.25, -0.2) is 33.6 Å². The molecule has 0 saturated carbocycles. The van der Waals surface area contributed by atoms with Crippen molar-refractivity contribution < 1.29 is 68.2 Å². The highest BCUT2D eigenvalue weighted by Crippen LogP contribution is 2.16. The number of carboxylic acids is 4. The third kappa shape index (κ3) is 7.24. The van der Waals surface area contributed by atoms with E-state index in [-0.39, 0.29) is 11.1 Å². The molecule has 1 atom stereocenters. The van der Waals surface area contributed by atoms with Crippen molar-refractivity contribution in [1.82, 2.24) is 0 Å². The Balaban J connectivity index is 2.24. The number of carbonyl (C=O) groups is 7. The maximum absolute atomic E-state index is 12.6. The summed E-state index contributed by atoms with van der Waals surface area (Å²) in [4.78, 5) is 81.5. The number of esters is 3. The Morgan fingerprint density at radius 3 is 1.50 bits per heavy atom. The Morgan fingerprint density at radius 1 is 0.658 bits per heavy atom. The topological polar surface area (TPSA) is 228 Å². The lowest BCUT2D eigenvalue weighted by molar-refractivity contribution is -0.141. The summed E-state index contributed by atoms with van der Waals surface area (Å²) in [5, 5.41) is 36.6. The molecule has 0 radical (unpaired) electrons. The van der Waals surface area contributed by atoms with Gasteiger partial charge in [-0.3, -0.25) is 0 Å². The summed E-state index contributed by atoms with van der Waals surface area (Å²) >= 11 is 0. The Bertz CT molecular complexity index is 1340. The maximum Gasteiger partial charge on any atom is 0.338 e. The van der Waals surface area contributed by atoms with Crippen molar-refractivity contribution >= 4 is 41.8 Å². The molecule has 0 aliphatic heterocycles. The number of carbonyl (C=O) groups excluding carboxylic acids is 3. The van der Waals surface area contributed by atoms with E-state index in [0.29, 0.717) is 0 Å². The van der Waals surface area contributed by atoms with Crippen LogP contribution in [0.25, 0.3) is 0 Å². The van der Waals surface area contributed by atoms with E-state index >= 15 is 0 Å². The number of ether oxygens (including phenoxy) is 3. The third-order valence-corrected chi connectivity index (χ3v) is 4.68. The van der Waals surface area contributed by atoms with Crippen molar-refractivity contribution in [2.24, 2.45) is 0 Å². The number of rotatable bonds is 12. The first-order chi connectivity index (χ1) is 17.8. The quantitative estimate of drug-likeness (QED) is 0.174. The highest BCUT2D eigenvalue weighted by molar-refractivity contribution is 6.05. The zero-order valence-corrected chi connectivity index (χ0v) is 19.1. The smallest absolute Gasteiger partial charge is 0.338 e. The molecule has 0 aliphatic carbocycles. The fourth-order valence-corrected chi connectivity index (χ4v) is 2.89. The van der Waals surface area contributed by atoms with Crippen LogP contribution >= 0.6 is 0 Å². The summed E-state index contributed by atoms with van der Waals surface area (Å²) < 4.78 is 14.9. The van der Waals surface area contributed by atoms with E-state index in [9.17, 15) is 43.8 Å². The van der Waals surface area contributed by atoms with E-state index in [4.69, 9.17) is 24.4 Å². The number of hydrogen-bond donors (Lipinski definition) is 4. The summed E-state index contributed by atoms with van der Waals surface area (Å²) in [5.41, 5.74) is -3.29. The largest absolute Gasteiger partial charge is 0.478 e. The van der Waals surface area contributed by atoms with Crippen molar-refractivity contribution in [3.63, 3.8) is 0 Å². The first kappa shape index (κ1) is 28.7. The van der Waals surface area contributed by atoms with Gasteiger partial charge in [-0.1, -0.05) is 6.58 Å². The molecule has 0 spiro atoms. The summed E-state index contributed by atoms with van der Waals surface area (Å²) in [7, 11) is 0. The Hall–Kier alpha value is -5.53. The molecule has 2 aromatic rings. The second-order valence-electron chi connectivity index (χ2n) is 7.20. The van der Waals surface area contributed by atoms with Crippen LogP contribution in [0.15, 0.2) is 49.1 Å². The second kappa shape index (κ2) is 12.4. The minimum atomic E-state index is -1.63. The molecule has 0 bridgehead atoms. The molecule has 0 aliphatic rings. The monoisotopic (exact) mass is 530 g/mol. The number of hydrogen-bond acceptors (Lipinski definition) is 10. The molecule has 14 heteroatoms. The lowest BCUT2D eigenvalue weighted by atomic mass is 10.0. The van der Waals surface area contributed by atoms with Crippen LogP contribution in [0.3, 0.4) is 0 Å². The van der Waals surface area contributed by atoms with Gasteiger partial charge in [0, 0.05) is 6.08 Å². The first-order valence-electron chi connectivity index (χ1n) is 10.2. The normalized spacial score (nSPS) is 10.9. The van der Waals surface area contributed by atoms with E-state index in [0.717, 1.165) is 42.5 Å². The van der Waals surface area contributed by atoms with Crippen molar-refractivity contribution in [2.75, 3.05) is 13.2 Å². The van der Waals surface area contributed by atoms with Gasteiger partial charge in [0.25, 0.3) is 0 Å². The van der Waals surface area contributed by atoms with Gasteiger partial charge in [-0.05, 0) is 36.4 Å². The maximum atomic E-state index is 12.6. The molecule has 198 valence electrons. The SMILES string of the molecule is C=CC(=O)OCC(COC(=O)c1ccc(C(=O)O)c(C(=O)O)c1)OC(=O)c1ccc(C(=O)O)c(C(=O)O)c1. The Morgan fingerprint density at radius 2 is 1.08 bits per heavy atom. The third-order valence-electron chi connectivity index (χ3n) is 4.68. The highest BCUT2D eigenvalue weighted by Gasteiger charge is 2.24. The van der Waals surface area contributed by atoms with Crippen LogP contribution in [0.1, 0.15) is 62.1 Å². The van der Waals surface area contributed by atoms with Crippen LogP contribution in [0, 0.1) is 0 Å². The highest BCUT2D eigenvalue weighted by atomic mass is 16.6. The van der Waals surface area contributed by atoms with Gasteiger partial charge in [0.05, 0.1) is 33.4 Å². The van der Waals surface area contributed by atoms with Crippen molar-refractivity contribution in [1.29, 1.82) is 0 Å². The average molecular weight is 530 g/mol. The molecular formula is C24H18O14. The number of aromatic carboxylic acids is 4. The summed E-state index contributed by atoms with van der Waals surface area (Å²) in [5.74, 6) is -9.58. The van der Waals surface area contributed by atoms with Gasteiger partial charge >= 0.3 is 41.8 Å². The van der Waals surface area contributed by atoms with Gasteiger partial charge in [0.2, 0.25) is 0 Å². The molecule has 14 nitrogen and oxygen atoms in total. The van der Waals surface area contributed by atoms with Gasteiger partial charge < -0.3 is 34.6 Å². The first-order valence-corrected chi connectivity index (χ1v) is 10.2. The van der Waals surface area contributed by atoms with E-state index in [1.807, 2.05) is 0 Å². The van der Waals surface area contributed by atoms with Gasteiger partial charge in [-0.2, -0.15) is 0 Å². The Labute approximate surface area is 212 Å². The molecule has 0 fully saturated rings. The van der Waals surface area contributed by atoms with E-state index in [1.165, 1.54) is 0 Å². The zero-order valence-electron chi connectivity index (χ0n) is 19.1. The zero-order chi connectivity index (χ0) is 28.6. The minimum absolute atomic E-state index is 0.351. The van der Waals surface area contributed by atoms with Gasteiger partial charge in [0.15, 0.2) is 6.10 Å². The molecule has 2 aromatic carbocycles. The molecule has 2 rings (SSSR count). The molecule has 1 unspecified atom stereocenters. The van der Waals surface area contributed by atoms with Crippen molar-refractivity contribution in [3.05, 3.63) is 82.4 Å². The molecule has 0 amide bonds. The predicted molar refractivity (Wildman–Crippen MR) is 121 cm³/mol. The molecule has 0 aromatic heterocycles. The van der Waals surface area contributed by atoms with E-state index in [1.54, 1.807) is 0 Å². The fourth-order valence-electron chi connectivity index (χ4n) is 2.89. The summed E-state index contributed by atoms with van der Waals surface area (Å²) in [6, 6.07) is 5.25. The van der Waals surface area contributed by atoms with Crippen molar-refractivity contribution in [3.8, 4) is 0 Å². The number of benzene rings is 2. The van der Waals surface area contributed by atoms with E-state index < -0.39 is 83.4 Å². The fraction of sp³-hybridized carbons (Fsp3) is 0.125. The van der Waals surface area contributed by atoms with Crippen LogP contribution < -0.4 is 0 Å². The lowest BCUT2D eigenvalue weighted by Gasteiger charge is -2.18. The Kier molecular flexibility index (Phi) is 9.39. The van der Waals surface area contributed by atoms with Crippen molar-refractivity contribution in [2.45, 2.75) is 6.10 Å². The van der Waals surface area contributed by atoms with Crippen LogP contribution in [-0.2, 0) is 19.0 Å². The molecule has 38 heavy (non-hydrogen) atoms. The average Bonchev–Trinajstić information content (AvgIpc) is 2.88. The van der Waals surface area contributed by atoms with Crippen LogP contribution in [0.4, 0.5) is 0 Å². The van der Waals surface area contributed by atoms with Crippen LogP contribution in [0.2, 0.25) is 0 Å². The molecule has 4 N–H and O–H groups in total.